The van der Waals surface area contributed by atoms with Crippen LogP contribution < -0.4 is 0 Å². The van der Waals surface area contributed by atoms with Crippen molar-refractivity contribution < 1.29 is 19.1 Å². The number of ether oxygens (including phenoxy) is 2. The molecule has 0 aliphatic carbocycles. The van der Waals surface area contributed by atoms with Gasteiger partial charge in [0.05, 0.1) is 14.2 Å². The number of methoxy groups -OCH3 is 2. The minimum Gasteiger partial charge on any atom is -0.469 e. The Labute approximate surface area is 108 Å². The first-order valence-electron chi connectivity index (χ1n) is 5.72. The van der Waals surface area contributed by atoms with Gasteiger partial charge in [0.25, 0.3) is 0 Å². The van der Waals surface area contributed by atoms with Gasteiger partial charge in [-0.15, -0.1) is 6.58 Å². The van der Waals surface area contributed by atoms with E-state index in [4.69, 9.17) is 0 Å². The molecule has 0 saturated heterocycles. The summed E-state index contributed by atoms with van der Waals surface area (Å²) in [6.45, 7) is 3.66. The van der Waals surface area contributed by atoms with Crippen LogP contribution in [0.3, 0.4) is 0 Å². The van der Waals surface area contributed by atoms with Gasteiger partial charge >= 0.3 is 11.9 Å². The molecule has 0 amide bonds. The molecule has 0 aliphatic rings. The zero-order valence-corrected chi connectivity index (χ0v) is 10.9. The first-order valence-corrected chi connectivity index (χ1v) is 5.72. The van der Waals surface area contributed by atoms with Crippen molar-refractivity contribution >= 4 is 11.9 Å². The SMILES string of the molecule is C=CCC(C/C=C/C=C/C(=O)OC)CC(=O)OC. The molecule has 0 heterocycles. The van der Waals surface area contributed by atoms with Crippen LogP contribution >= 0.6 is 0 Å². The summed E-state index contributed by atoms with van der Waals surface area (Å²) < 4.78 is 9.08. The lowest BCUT2D eigenvalue weighted by Gasteiger charge is -2.10. The summed E-state index contributed by atoms with van der Waals surface area (Å²) in [5.74, 6) is -0.435. The van der Waals surface area contributed by atoms with Crippen LogP contribution in [0.1, 0.15) is 19.3 Å². The van der Waals surface area contributed by atoms with E-state index in [2.05, 4.69) is 16.1 Å². The lowest BCUT2D eigenvalue weighted by atomic mass is 9.97. The minimum atomic E-state index is -0.392. The number of esters is 2. The van der Waals surface area contributed by atoms with Gasteiger partial charge in [0.15, 0.2) is 0 Å². The molecule has 0 fully saturated rings. The van der Waals surface area contributed by atoms with Crippen molar-refractivity contribution in [1.29, 1.82) is 0 Å². The van der Waals surface area contributed by atoms with Gasteiger partial charge in [-0.05, 0) is 18.8 Å². The lowest BCUT2D eigenvalue weighted by molar-refractivity contribution is -0.141. The molecule has 100 valence electrons. The molecule has 4 nitrogen and oxygen atoms in total. The Kier molecular flexibility index (Phi) is 9.27. The van der Waals surface area contributed by atoms with Gasteiger partial charge in [-0.3, -0.25) is 4.79 Å². The number of hydrogen-bond donors (Lipinski definition) is 0. The quantitative estimate of drug-likeness (QED) is 0.288. The second kappa shape index (κ2) is 10.3. The van der Waals surface area contributed by atoms with Gasteiger partial charge in [-0.1, -0.05) is 24.3 Å². The summed E-state index contributed by atoms with van der Waals surface area (Å²) in [6, 6.07) is 0. The fourth-order valence-electron chi connectivity index (χ4n) is 1.37. The van der Waals surface area contributed by atoms with Crippen molar-refractivity contribution in [2.75, 3.05) is 14.2 Å². The van der Waals surface area contributed by atoms with Gasteiger partial charge in [0.2, 0.25) is 0 Å². The maximum Gasteiger partial charge on any atom is 0.330 e. The molecule has 1 unspecified atom stereocenters. The molecule has 4 heteroatoms. The number of rotatable bonds is 8. The molecule has 18 heavy (non-hydrogen) atoms. The molecule has 0 aromatic carbocycles. The Hall–Kier alpha value is -1.84. The molecule has 0 bridgehead atoms. The van der Waals surface area contributed by atoms with E-state index in [1.54, 1.807) is 18.2 Å². The average molecular weight is 252 g/mol. The van der Waals surface area contributed by atoms with Gasteiger partial charge in [-0.25, -0.2) is 4.79 Å². The lowest BCUT2D eigenvalue weighted by Crippen LogP contribution is -2.08. The Morgan fingerprint density at radius 1 is 1.17 bits per heavy atom. The van der Waals surface area contributed by atoms with Crippen LogP contribution in [0.5, 0.6) is 0 Å². The highest BCUT2D eigenvalue weighted by atomic mass is 16.5. The van der Waals surface area contributed by atoms with E-state index in [0.717, 1.165) is 12.8 Å². The van der Waals surface area contributed by atoms with E-state index in [0.29, 0.717) is 6.42 Å². The van der Waals surface area contributed by atoms with Gasteiger partial charge in [0.1, 0.15) is 0 Å². The van der Waals surface area contributed by atoms with Gasteiger partial charge in [0, 0.05) is 12.5 Å². The van der Waals surface area contributed by atoms with Crippen LogP contribution in [0.15, 0.2) is 37.0 Å². The molecular weight excluding hydrogens is 232 g/mol. The third-order valence-electron chi connectivity index (χ3n) is 2.33. The summed E-state index contributed by atoms with van der Waals surface area (Å²) in [5, 5.41) is 0. The molecule has 0 aromatic heterocycles. The molecule has 0 rings (SSSR count). The third kappa shape index (κ3) is 8.33. The highest BCUT2D eigenvalue weighted by Gasteiger charge is 2.11. The summed E-state index contributed by atoms with van der Waals surface area (Å²) in [7, 11) is 2.70. The molecule has 0 radical (unpaired) electrons. The standard InChI is InChI=1S/C14H20O4/c1-4-8-12(11-14(16)18-3)9-6-5-7-10-13(15)17-2/h4-7,10,12H,1,8-9,11H2,2-3H3/b6-5+,10-7+. The number of allylic oxidation sites excluding steroid dienone is 4. The van der Waals surface area contributed by atoms with Gasteiger partial charge in [-0.2, -0.15) is 0 Å². The fourth-order valence-corrected chi connectivity index (χ4v) is 1.37. The van der Waals surface area contributed by atoms with Crippen LogP contribution in [0.25, 0.3) is 0 Å². The second-order valence-corrected chi connectivity index (χ2v) is 3.72. The van der Waals surface area contributed by atoms with Crippen LogP contribution in [-0.4, -0.2) is 26.2 Å². The van der Waals surface area contributed by atoms with Crippen molar-refractivity contribution in [3.8, 4) is 0 Å². The van der Waals surface area contributed by atoms with Crippen molar-refractivity contribution in [3.05, 3.63) is 37.0 Å². The first-order chi connectivity index (χ1) is 8.63. The Balaban J connectivity index is 4.13. The molecule has 0 saturated carbocycles. The molecule has 0 N–H and O–H groups in total. The maximum atomic E-state index is 11.2. The van der Waals surface area contributed by atoms with Crippen LogP contribution in [0.2, 0.25) is 0 Å². The number of hydrogen-bond acceptors (Lipinski definition) is 4. The molecule has 0 spiro atoms. The number of carbonyl (C=O) groups excluding carboxylic acids is 2. The Morgan fingerprint density at radius 3 is 2.44 bits per heavy atom. The summed E-state index contributed by atoms with van der Waals surface area (Å²) in [4.78, 5) is 21.9. The summed E-state index contributed by atoms with van der Waals surface area (Å²) in [6.07, 6.45) is 10.2. The molecule has 1 atom stereocenters. The zero-order valence-electron chi connectivity index (χ0n) is 10.9. The summed E-state index contributed by atoms with van der Waals surface area (Å²) >= 11 is 0. The monoisotopic (exact) mass is 252 g/mol. The Morgan fingerprint density at radius 2 is 1.89 bits per heavy atom. The van der Waals surface area contributed by atoms with E-state index >= 15 is 0 Å². The van der Waals surface area contributed by atoms with E-state index in [9.17, 15) is 9.59 Å². The van der Waals surface area contributed by atoms with Crippen molar-refractivity contribution in [2.24, 2.45) is 5.92 Å². The maximum absolute atomic E-state index is 11.2. The van der Waals surface area contributed by atoms with Gasteiger partial charge < -0.3 is 9.47 Å². The normalized spacial score (nSPS) is 12.6. The molecular formula is C14H20O4. The van der Waals surface area contributed by atoms with Crippen LogP contribution in [0.4, 0.5) is 0 Å². The van der Waals surface area contributed by atoms with Crippen molar-refractivity contribution in [2.45, 2.75) is 19.3 Å². The minimum absolute atomic E-state index is 0.178. The second-order valence-electron chi connectivity index (χ2n) is 3.72. The van der Waals surface area contributed by atoms with E-state index in [1.807, 2.05) is 6.08 Å². The van der Waals surface area contributed by atoms with E-state index < -0.39 is 5.97 Å². The smallest absolute Gasteiger partial charge is 0.330 e. The fraction of sp³-hybridized carbons (Fsp3) is 0.429. The largest absolute Gasteiger partial charge is 0.469 e. The highest BCUT2D eigenvalue weighted by molar-refractivity contribution is 5.82. The highest BCUT2D eigenvalue weighted by Crippen LogP contribution is 2.15. The predicted octanol–water partition coefficient (Wildman–Crippen LogP) is 2.42. The van der Waals surface area contributed by atoms with E-state index in [-0.39, 0.29) is 11.9 Å². The molecule has 0 aromatic rings. The zero-order chi connectivity index (χ0) is 13.8. The Bertz CT molecular complexity index is 329. The van der Waals surface area contributed by atoms with Crippen LogP contribution in [0, 0.1) is 5.92 Å². The van der Waals surface area contributed by atoms with Crippen LogP contribution in [-0.2, 0) is 19.1 Å². The summed E-state index contributed by atoms with van der Waals surface area (Å²) in [5.41, 5.74) is 0. The predicted molar refractivity (Wildman–Crippen MR) is 69.9 cm³/mol. The number of carbonyl (C=O) groups is 2. The van der Waals surface area contributed by atoms with E-state index in [1.165, 1.54) is 20.3 Å². The van der Waals surface area contributed by atoms with Crippen molar-refractivity contribution in [1.82, 2.24) is 0 Å². The van der Waals surface area contributed by atoms with Crippen molar-refractivity contribution in [3.63, 3.8) is 0 Å². The molecule has 0 aliphatic heterocycles. The average Bonchev–Trinajstić information content (AvgIpc) is 2.37. The third-order valence-corrected chi connectivity index (χ3v) is 2.33. The topological polar surface area (TPSA) is 52.6 Å². The first kappa shape index (κ1) is 16.2.